The minimum atomic E-state index is -0.638. The van der Waals surface area contributed by atoms with Gasteiger partial charge in [0.1, 0.15) is 46.0 Å². The van der Waals surface area contributed by atoms with Gasteiger partial charge in [0.25, 0.3) is 0 Å². The topological polar surface area (TPSA) is 162 Å². The molecule has 0 amide bonds. The lowest BCUT2D eigenvalue weighted by Gasteiger charge is -2.33. The van der Waals surface area contributed by atoms with Crippen LogP contribution in [0.5, 0.6) is 46.0 Å². The SMILES string of the molecule is CC(C)[C@H](CCBr)CC1c2cc(c(O)cc2O)C(C[C@@H](CCBr)C(C)C)c2cc(c(O)cc2O)C(C[C@@H](CCBr)C(C)C)c2cc(c(O)cc2O)C(C[C@@H](CCBr)C(C)C)c2cc1c(O)cc2O. The van der Waals surface area contributed by atoms with Gasteiger partial charge in [0, 0.05) is 114 Å². The van der Waals surface area contributed by atoms with Gasteiger partial charge in [-0.1, -0.05) is 119 Å². The number of halogens is 4. The first kappa shape index (κ1) is 56.1. The van der Waals surface area contributed by atoms with Crippen molar-refractivity contribution >= 4 is 63.7 Å². The average molecular weight is 1200 g/mol. The minimum absolute atomic E-state index is 0.113. The first-order valence-electron chi connectivity index (χ1n) is 24.6. The number of phenolic OH excluding ortho intramolecular Hbond substituents is 8. The Morgan fingerprint density at radius 2 is 0.441 bits per heavy atom. The number of alkyl halides is 4. The Morgan fingerprint density at radius 3 is 0.559 bits per heavy atom. The van der Waals surface area contributed by atoms with Crippen molar-refractivity contribution in [2.45, 2.75) is 130 Å². The molecule has 68 heavy (non-hydrogen) atoms. The molecule has 0 saturated heterocycles. The molecular formula is C56H76Br4O8. The van der Waals surface area contributed by atoms with Crippen molar-refractivity contribution in [2.24, 2.45) is 47.3 Å². The molecule has 4 atom stereocenters. The molecule has 4 aromatic carbocycles. The predicted octanol–water partition coefficient (Wildman–Crippen LogP) is 16.0. The van der Waals surface area contributed by atoms with Crippen LogP contribution in [0.4, 0.5) is 0 Å². The second kappa shape index (κ2) is 25.0. The van der Waals surface area contributed by atoms with E-state index in [4.69, 9.17) is 0 Å². The zero-order chi connectivity index (χ0) is 50.3. The molecule has 0 spiro atoms. The summed E-state index contributed by atoms with van der Waals surface area (Å²) in [7, 11) is 0. The zero-order valence-corrected chi connectivity index (χ0v) is 47.5. The number of phenols is 8. The van der Waals surface area contributed by atoms with E-state index in [1.807, 2.05) is 24.3 Å². The van der Waals surface area contributed by atoms with E-state index in [-0.39, 0.29) is 93.3 Å². The van der Waals surface area contributed by atoms with Gasteiger partial charge >= 0.3 is 0 Å². The largest absolute Gasteiger partial charge is 0.508 e. The standard InChI is InChI=1S/C56H76Br4O8/c1-29(2)33(9-13-57)17-37-41-21-43(51(63)25-49(41)61)38(18-34(10-14-58)30(3)4)45-23-47(55(67)27-53(45)65)40(20-36(12-16-60)32(7)8)48-24-46(54(66)28-56(48)68)39(19-35(11-15-59)31(5)6)44-22-42(37)50(62)26-52(44)64/h21-40,61-68H,9-20H2,1-8H3/t33-,34-,35-,36-,37?,38?,39?,40?/m1/s1. The highest BCUT2D eigenvalue weighted by Gasteiger charge is 2.37. The van der Waals surface area contributed by atoms with Crippen LogP contribution in [0, 0.1) is 47.3 Å². The van der Waals surface area contributed by atoms with E-state index in [9.17, 15) is 40.9 Å². The molecular weight excluding hydrogens is 1120 g/mol. The smallest absolute Gasteiger partial charge is 0.123 e. The molecule has 0 radical (unpaired) electrons. The van der Waals surface area contributed by atoms with Crippen LogP contribution in [0.15, 0.2) is 48.5 Å². The lowest BCUT2D eigenvalue weighted by atomic mass is 9.72. The van der Waals surface area contributed by atoms with Crippen molar-refractivity contribution in [3.63, 3.8) is 0 Å². The first-order chi connectivity index (χ1) is 32.2. The van der Waals surface area contributed by atoms with Crippen LogP contribution < -0.4 is 0 Å². The summed E-state index contributed by atoms with van der Waals surface area (Å²) in [5, 5.41) is 100. The lowest BCUT2D eigenvalue weighted by Crippen LogP contribution is -2.19. The summed E-state index contributed by atoms with van der Waals surface area (Å²) in [5.74, 6) is -2.42. The third-order valence-electron chi connectivity index (χ3n) is 15.6. The van der Waals surface area contributed by atoms with Crippen molar-refractivity contribution in [3.8, 4) is 46.0 Å². The Balaban J connectivity index is 2.05. The fraction of sp³-hybridized carbons (Fsp3) is 0.571. The van der Waals surface area contributed by atoms with Crippen molar-refractivity contribution in [1.82, 2.24) is 0 Å². The molecule has 8 N–H and O–H groups in total. The highest BCUT2D eigenvalue weighted by Crippen LogP contribution is 2.54. The molecule has 0 fully saturated rings. The van der Waals surface area contributed by atoms with Gasteiger partial charge in [-0.3, -0.25) is 0 Å². The number of hydrogen-bond acceptors (Lipinski definition) is 8. The monoisotopic (exact) mass is 1190 g/mol. The lowest BCUT2D eigenvalue weighted by molar-refractivity contribution is 0.323. The highest BCUT2D eigenvalue weighted by molar-refractivity contribution is 9.09. The molecule has 376 valence electrons. The van der Waals surface area contributed by atoms with Crippen LogP contribution in [-0.2, 0) is 0 Å². The number of fused-ring (bicyclic) bond motifs is 8. The Labute approximate surface area is 439 Å². The quantitative estimate of drug-likeness (QED) is 0.0406. The third-order valence-corrected chi connectivity index (χ3v) is 17.4. The fourth-order valence-electron chi connectivity index (χ4n) is 11.0. The maximum absolute atomic E-state index is 12.1. The third kappa shape index (κ3) is 13.0. The molecule has 5 rings (SSSR count). The summed E-state index contributed by atoms with van der Waals surface area (Å²) in [5.41, 5.74) is 3.89. The van der Waals surface area contributed by atoms with Gasteiger partial charge in [0.15, 0.2) is 0 Å². The summed E-state index contributed by atoms with van der Waals surface area (Å²) in [6.07, 6.45) is 5.24. The Bertz CT molecular complexity index is 1880. The molecule has 0 heterocycles. The number of aromatic hydroxyl groups is 8. The van der Waals surface area contributed by atoms with Crippen molar-refractivity contribution in [2.75, 3.05) is 21.3 Å². The summed E-state index contributed by atoms with van der Waals surface area (Å²) in [6, 6.07) is 12.9. The van der Waals surface area contributed by atoms with Gasteiger partial charge in [0.2, 0.25) is 0 Å². The molecule has 4 aromatic rings. The van der Waals surface area contributed by atoms with Crippen LogP contribution in [0.2, 0.25) is 0 Å². The van der Waals surface area contributed by atoms with Crippen LogP contribution >= 0.6 is 63.7 Å². The molecule has 8 nitrogen and oxygen atoms in total. The number of hydrogen-bond donors (Lipinski definition) is 8. The predicted molar refractivity (Wildman–Crippen MR) is 292 cm³/mol. The molecule has 1 aliphatic carbocycles. The first-order valence-corrected chi connectivity index (χ1v) is 29.1. The summed E-state index contributed by atoms with van der Waals surface area (Å²) >= 11 is 14.7. The number of rotatable bonds is 20. The van der Waals surface area contributed by atoms with E-state index < -0.39 is 23.7 Å². The average Bonchev–Trinajstić information content (AvgIpc) is 3.25. The summed E-state index contributed by atoms with van der Waals surface area (Å²) < 4.78 is 0. The van der Waals surface area contributed by atoms with Crippen LogP contribution in [0.3, 0.4) is 0 Å². The molecule has 0 aliphatic heterocycles. The van der Waals surface area contributed by atoms with Crippen LogP contribution in [0.25, 0.3) is 0 Å². The molecule has 0 unspecified atom stereocenters. The number of benzene rings is 4. The zero-order valence-electron chi connectivity index (χ0n) is 41.1. The van der Waals surface area contributed by atoms with E-state index in [1.54, 1.807) is 0 Å². The Kier molecular flexibility index (Phi) is 20.7. The van der Waals surface area contributed by atoms with Crippen LogP contribution in [-0.4, -0.2) is 62.2 Å². The maximum atomic E-state index is 12.1. The maximum Gasteiger partial charge on any atom is 0.123 e. The second-order valence-corrected chi connectivity index (χ2v) is 24.1. The molecule has 12 heteroatoms. The van der Waals surface area contributed by atoms with E-state index in [1.165, 1.54) is 24.3 Å². The second-order valence-electron chi connectivity index (χ2n) is 21.0. The van der Waals surface area contributed by atoms with Crippen molar-refractivity contribution in [1.29, 1.82) is 0 Å². The highest BCUT2D eigenvalue weighted by atomic mass is 79.9. The molecule has 0 saturated carbocycles. The van der Waals surface area contributed by atoms with Gasteiger partial charge in [0.05, 0.1) is 0 Å². The van der Waals surface area contributed by atoms with E-state index in [0.717, 1.165) is 47.0 Å². The molecule has 1 aliphatic rings. The van der Waals surface area contributed by atoms with Crippen LogP contribution in [0.1, 0.15) is 175 Å². The van der Waals surface area contributed by atoms with Gasteiger partial charge in [-0.15, -0.1) is 0 Å². The fourth-order valence-corrected chi connectivity index (χ4v) is 13.4. The van der Waals surface area contributed by atoms with Gasteiger partial charge in [-0.05, 0) is 123 Å². The minimum Gasteiger partial charge on any atom is -0.508 e. The summed E-state index contributed by atoms with van der Waals surface area (Å²) in [4.78, 5) is 0. The summed E-state index contributed by atoms with van der Waals surface area (Å²) in [6.45, 7) is 17.3. The Morgan fingerprint density at radius 1 is 0.294 bits per heavy atom. The van der Waals surface area contributed by atoms with E-state index >= 15 is 0 Å². The van der Waals surface area contributed by atoms with Crippen molar-refractivity contribution in [3.05, 3.63) is 93.0 Å². The van der Waals surface area contributed by atoms with Crippen molar-refractivity contribution < 1.29 is 40.9 Å². The normalized spacial score (nSPS) is 19.2. The Hall–Kier alpha value is -2.80. The van der Waals surface area contributed by atoms with Gasteiger partial charge in [-0.2, -0.15) is 0 Å². The molecule has 8 bridgehead atoms. The van der Waals surface area contributed by atoms with Gasteiger partial charge < -0.3 is 40.9 Å². The van der Waals surface area contributed by atoms with E-state index in [0.29, 0.717) is 70.2 Å². The van der Waals surface area contributed by atoms with E-state index in [2.05, 4.69) is 119 Å². The molecule has 0 aromatic heterocycles. The van der Waals surface area contributed by atoms with Gasteiger partial charge in [-0.25, -0.2) is 0 Å².